The van der Waals surface area contributed by atoms with Crippen LogP contribution in [-0.4, -0.2) is 41.8 Å². The van der Waals surface area contributed by atoms with Crippen LogP contribution in [-0.2, 0) is 16.6 Å². The van der Waals surface area contributed by atoms with Gasteiger partial charge in [-0.3, -0.25) is 4.68 Å². The van der Waals surface area contributed by atoms with Crippen molar-refractivity contribution in [3.63, 3.8) is 0 Å². The first-order chi connectivity index (χ1) is 8.36. The maximum Gasteiger partial charge on any atom is 0.211 e. The molecule has 1 aliphatic heterocycles. The molecule has 1 aliphatic rings. The zero-order chi connectivity index (χ0) is 13.3. The predicted molar refractivity (Wildman–Crippen MR) is 70.8 cm³/mol. The molecule has 5 nitrogen and oxygen atoms in total. The summed E-state index contributed by atoms with van der Waals surface area (Å²) in [7, 11) is -3.05. The maximum atomic E-state index is 11.6. The fraction of sp³-hybridized carbons (Fsp3) is 0.750. The lowest BCUT2D eigenvalue weighted by Crippen LogP contribution is -2.40. The Labute approximate surface area is 109 Å². The minimum absolute atomic E-state index is 0.367. The Hall–Kier alpha value is -0.880. The van der Waals surface area contributed by atoms with E-state index >= 15 is 0 Å². The van der Waals surface area contributed by atoms with E-state index in [4.69, 9.17) is 0 Å². The number of hydrogen-bond acceptors (Lipinski definition) is 3. The predicted octanol–water partition coefficient (Wildman–Crippen LogP) is 1.17. The summed E-state index contributed by atoms with van der Waals surface area (Å²) in [6.45, 7) is 6.11. The van der Waals surface area contributed by atoms with Crippen molar-refractivity contribution in [2.75, 3.05) is 19.3 Å². The SMILES string of the molecule is Cc1cc(C)n(CC2CCCN(S(C)(=O)=O)C2)n1. The average Bonchev–Trinajstić information content (AvgIpc) is 2.56. The second-order valence-corrected chi connectivity index (χ2v) is 7.22. The zero-order valence-electron chi connectivity index (χ0n) is 11.3. The van der Waals surface area contributed by atoms with Crippen LogP contribution in [0, 0.1) is 19.8 Å². The number of piperidine rings is 1. The zero-order valence-corrected chi connectivity index (χ0v) is 12.1. The smallest absolute Gasteiger partial charge is 0.211 e. The lowest BCUT2D eigenvalue weighted by molar-refractivity contribution is 0.239. The molecule has 0 radical (unpaired) electrons. The topological polar surface area (TPSA) is 55.2 Å². The van der Waals surface area contributed by atoms with Gasteiger partial charge in [0, 0.05) is 25.3 Å². The van der Waals surface area contributed by atoms with E-state index in [-0.39, 0.29) is 0 Å². The van der Waals surface area contributed by atoms with Crippen molar-refractivity contribution in [3.8, 4) is 0 Å². The van der Waals surface area contributed by atoms with Gasteiger partial charge in [-0.05, 0) is 38.7 Å². The number of rotatable bonds is 3. The number of aromatic nitrogens is 2. The number of sulfonamides is 1. The van der Waals surface area contributed by atoms with E-state index in [0.717, 1.165) is 30.8 Å². The van der Waals surface area contributed by atoms with Gasteiger partial charge in [0.25, 0.3) is 0 Å². The van der Waals surface area contributed by atoms with Gasteiger partial charge in [0.05, 0.1) is 11.9 Å². The van der Waals surface area contributed by atoms with Crippen LogP contribution >= 0.6 is 0 Å². The molecule has 1 aromatic rings. The van der Waals surface area contributed by atoms with Crippen LogP contribution in [0.4, 0.5) is 0 Å². The lowest BCUT2D eigenvalue weighted by Gasteiger charge is -2.31. The third-order valence-electron chi connectivity index (χ3n) is 3.49. The van der Waals surface area contributed by atoms with Gasteiger partial charge in [-0.2, -0.15) is 5.10 Å². The highest BCUT2D eigenvalue weighted by Crippen LogP contribution is 2.20. The molecule has 1 atom stereocenters. The number of aryl methyl sites for hydroxylation is 2. The highest BCUT2D eigenvalue weighted by molar-refractivity contribution is 7.88. The van der Waals surface area contributed by atoms with Gasteiger partial charge in [0.2, 0.25) is 10.0 Å². The normalized spacial score (nSPS) is 22.3. The van der Waals surface area contributed by atoms with Gasteiger partial charge in [-0.1, -0.05) is 0 Å². The molecule has 0 saturated carbocycles. The highest BCUT2D eigenvalue weighted by atomic mass is 32.2. The first-order valence-corrected chi connectivity index (χ1v) is 8.17. The Morgan fingerprint density at radius 2 is 2.17 bits per heavy atom. The molecule has 0 spiro atoms. The summed E-state index contributed by atoms with van der Waals surface area (Å²) in [4.78, 5) is 0. The van der Waals surface area contributed by atoms with Crippen LogP contribution in [0.5, 0.6) is 0 Å². The minimum Gasteiger partial charge on any atom is -0.269 e. The summed E-state index contributed by atoms with van der Waals surface area (Å²) >= 11 is 0. The van der Waals surface area contributed by atoms with Crippen molar-refractivity contribution >= 4 is 10.0 Å². The van der Waals surface area contributed by atoms with Crippen molar-refractivity contribution in [1.82, 2.24) is 14.1 Å². The highest BCUT2D eigenvalue weighted by Gasteiger charge is 2.26. The number of hydrogen-bond donors (Lipinski definition) is 0. The summed E-state index contributed by atoms with van der Waals surface area (Å²) in [6.07, 6.45) is 3.31. The van der Waals surface area contributed by atoms with Gasteiger partial charge in [-0.25, -0.2) is 12.7 Å². The lowest BCUT2D eigenvalue weighted by atomic mass is 10.00. The monoisotopic (exact) mass is 271 g/mol. The summed E-state index contributed by atoms with van der Waals surface area (Å²) < 4.78 is 26.7. The van der Waals surface area contributed by atoms with Gasteiger partial charge in [0.15, 0.2) is 0 Å². The first-order valence-electron chi connectivity index (χ1n) is 6.32. The van der Waals surface area contributed by atoms with Gasteiger partial charge in [-0.15, -0.1) is 0 Å². The van der Waals surface area contributed by atoms with Gasteiger partial charge >= 0.3 is 0 Å². The van der Waals surface area contributed by atoms with E-state index in [1.54, 1.807) is 4.31 Å². The van der Waals surface area contributed by atoms with Crippen molar-refractivity contribution < 1.29 is 8.42 Å². The summed E-state index contributed by atoms with van der Waals surface area (Å²) in [5.41, 5.74) is 2.16. The number of nitrogens with zero attached hydrogens (tertiary/aromatic N) is 3. The van der Waals surface area contributed by atoms with Crippen LogP contribution in [0.15, 0.2) is 6.07 Å². The molecule has 0 N–H and O–H groups in total. The Kier molecular flexibility index (Phi) is 3.77. The molecule has 1 unspecified atom stereocenters. The summed E-state index contributed by atoms with van der Waals surface area (Å²) in [6, 6.07) is 2.05. The molecule has 2 rings (SSSR count). The van der Waals surface area contributed by atoms with E-state index in [2.05, 4.69) is 11.2 Å². The second-order valence-electron chi connectivity index (χ2n) is 5.24. The van der Waals surface area contributed by atoms with Crippen LogP contribution in [0.1, 0.15) is 24.2 Å². The third-order valence-corrected chi connectivity index (χ3v) is 4.75. The van der Waals surface area contributed by atoms with Crippen molar-refractivity contribution in [2.24, 2.45) is 5.92 Å². The Balaban J connectivity index is 2.04. The van der Waals surface area contributed by atoms with Crippen LogP contribution in [0.3, 0.4) is 0 Å². The fourth-order valence-electron chi connectivity index (χ4n) is 2.58. The first kappa shape index (κ1) is 13.5. The molecule has 1 fully saturated rings. The molecule has 18 heavy (non-hydrogen) atoms. The van der Waals surface area contributed by atoms with Crippen molar-refractivity contribution in [1.29, 1.82) is 0 Å². The molecule has 2 heterocycles. The second kappa shape index (κ2) is 5.01. The van der Waals surface area contributed by atoms with Crippen LogP contribution in [0.25, 0.3) is 0 Å². The minimum atomic E-state index is -3.05. The third kappa shape index (κ3) is 3.11. The molecule has 0 aliphatic carbocycles. The fourth-order valence-corrected chi connectivity index (χ4v) is 3.52. The molecular weight excluding hydrogens is 250 g/mol. The molecule has 6 heteroatoms. The molecular formula is C12H21N3O2S. The van der Waals surface area contributed by atoms with E-state index in [1.807, 2.05) is 18.5 Å². The van der Waals surface area contributed by atoms with E-state index in [0.29, 0.717) is 19.0 Å². The molecule has 0 amide bonds. The van der Waals surface area contributed by atoms with E-state index < -0.39 is 10.0 Å². The van der Waals surface area contributed by atoms with Crippen molar-refractivity contribution in [2.45, 2.75) is 33.2 Å². The summed E-state index contributed by atoms with van der Waals surface area (Å²) in [5, 5.41) is 4.44. The van der Waals surface area contributed by atoms with E-state index in [1.165, 1.54) is 6.26 Å². The average molecular weight is 271 g/mol. The Morgan fingerprint density at radius 1 is 1.44 bits per heavy atom. The largest absolute Gasteiger partial charge is 0.269 e. The van der Waals surface area contributed by atoms with Gasteiger partial charge < -0.3 is 0 Å². The van der Waals surface area contributed by atoms with Crippen LogP contribution in [0.2, 0.25) is 0 Å². The van der Waals surface area contributed by atoms with E-state index in [9.17, 15) is 8.42 Å². The van der Waals surface area contributed by atoms with Gasteiger partial charge in [0.1, 0.15) is 0 Å². The summed E-state index contributed by atoms with van der Waals surface area (Å²) in [5.74, 6) is 0.367. The quantitative estimate of drug-likeness (QED) is 0.829. The molecule has 102 valence electrons. The Morgan fingerprint density at radius 3 is 2.72 bits per heavy atom. The molecule has 1 saturated heterocycles. The standard InChI is InChI=1S/C12H21N3O2S/c1-10-7-11(2)15(13-10)9-12-5-4-6-14(8-12)18(3,16)17/h7,12H,4-6,8-9H2,1-3H3. The van der Waals surface area contributed by atoms with Crippen molar-refractivity contribution in [3.05, 3.63) is 17.5 Å². The molecule has 0 aromatic carbocycles. The Bertz CT molecular complexity index is 521. The molecule has 1 aromatic heterocycles. The van der Waals surface area contributed by atoms with Crippen LogP contribution < -0.4 is 0 Å². The molecule has 0 bridgehead atoms. The maximum absolute atomic E-state index is 11.6.